The molecule has 1 aromatic carbocycles. The molecular formula is C23H33N3O5. The van der Waals surface area contributed by atoms with Crippen LogP contribution in [0.2, 0.25) is 0 Å². The van der Waals surface area contributed by atoms with Crippen molar-refractivity contribution in [1.82, 2.24) is 15.6 Å². The van der Waals surface area contributed by atoms with Gasteiger partial charge < -0.3 is 25.1 Å². The van der Waals surface area contributed by atoms with Gasteiger partial charge in [0.25, 0.3) is 0 Å². The Hall–Kier alpha value is -3.03. The second kappa shape index (κ2) is 10.3. The van der Waals surface area contributed by atoms with E-state index in [4.69, 9.17) is 9.47 Å². The number of ether oxygens (including phenoxy) is 2. The molecule has 0 spiro atoms. The fourth-order valence-corrected chi connectivity index (χ4v) is 3.23. The van der Waals surface area contributed by atoms with E-state index in [1.807, 2.05) is 44.3 Å². The summed E-state index contributed by atoms with van der Waals surface area (Å²) in [5, 5.41) is 6.37. The van der Waals surface area contributed by atoms with Gasteiger partial charge in [0.15, 0.2) is 0 Å². The number of fused-ring (bicyclic) bond motifs is 1. The topological polar surface area (TPSA) is 110 Å². The van der Waals surface area contributed by atoms with Gasteiger partial charge in [0.2, 0.25) is 5.91 Å². The minimum Gasteiger partial charge on any atom is -0.467 e. The lowest BCUT2D eigenvalue weighted by Crippen LogP contribution is -2.54. The maximum Gasteiger partial charge on any atom is 0.408 e. The van der Waals surface area contributed by atoms with Crippen molar-refractivity contribution in [3.63, 3.8) is 0 Å². The number of alkyl carbamates (subject to hydrolysis) is 1. The molecule has 0 aliphatic rings. The van der Waals surface area contributed by atoms with Crippen LogP contribution in [0.3, 0.4) is 0 Å². The van der Waals surface area contributed by atoms with Crippen LogP contribution in [0, 0.1) is 5.92 Å². The van der Waals surface area contributed by atoms with E-state index in [0.717, 1.165) is 16.5 Å². The monoisotopic (exact) mass is 431 g/mol. The predicted molar refractivity (Wildman–Crippen MR) is 119 cm³/mol. The van der Waals surface area contributed by atoms with Crippen LogP contribution in [0.5, 0.6) is 0 Å². The van der Waals surface area contributed by atoms with E-state index in [0.29, 0.717) is 6.42 Å². The van der Waals surface area contributed by atoms with E-state index in [9.17, 15) is 14.4 Å². The molecule has 3 atom stereocenters. The second-order valence-corrected chi connectivity index (χ2v) is 8.66. The van der Waals surface area contributed by atoms with Crippen molar-refractivity contribution in [2.45, 2.75) is 65.1 Å². The molecule has 0 aliphatic heterocycles. The lowest BCUT2D eigenvalue weighted by molar-refractivity contribution is -0.146. The average Bonchev–Trinajstić information content (AvgIpc) is 3.11. The molecule has 8 nitrogen and oxygen atoms in total. The van der Waals surface area contributed by atoms with E-state index < -0.39 is 35.7 Å². The number of methoxy groups -OCH3 is 1. The maximum atomic E-state index is 13.2. The number of nitrogens with one attached hydrogen (secondary N) is 3. The van der Waals surface area contributed by atoms with Crippen LogP contribution in [-0.4, -0.2) is 47.7 Å². The SMILES string of the molecule is CC[C@@H](C)[C@@H](NC(=O)[C@@H](Cc1c[nH]c2ccccc12)NC(=O)OC(C)(C)C)C(=O)OC. The van der Waals surface area contributed by atoms with Gasteiger partial charge in [-0.3, -0.25) is 4.79 Å². The molecule has 0 fully saturated rings. The summed E-state index contributed by atoms with van der Waals surface area (Å²) in [4.78, 5) is 41.0. The molecule has 2 rings (SSSR count). The number of rotatable bonds is 8. The Labute approximate surface area is 183 Å². The molecule has 0 radical (unpaired) electrons. The lowest BCUT2D eigenvalue weighted by Gasteiger charge is -2.26. The molecule has 0 unspecified atom stereocenters. The first-order chi connectivity index (χ1) is 14.6. The van der Waals surface area contributed by atoms with Crippen molar-refractivity contribution in [3.8, 4) is 0 Å². The number of carbonyl (C=O) groups excluding carboxylic acids is 3. The number of H-pyrrole nitrogens is 1. The van der Waals surface area contributed by atoms with Crippen molar-refractivity contribution in [2.24, 2.45) is 5.92 Å². The number of aromatic amines is 1. The third-order valence-corrected chi connectivity index (χ3v) is 5.07. The van der Waals surface area contributed by atoms with Crippen LogP contribution in [0.1, 0.15) is 46.6 Å². The lowest BCUT2D eigenvalue weighted by atomic mass is 9.98. The number of carbonyl (C=O) groups is 3. The Bertz CT molecular complexity index is 915. The third kappa shape index (κ3) is 6.73. The summed E-state index contributed by atoms with van der Waals surface area (Å²) in [5.41, 5.74) is 1.09. The first-order valence-electron chi connectivity index (χ1n) is 10.5. The Morgan fingerprint density at radius 1 is 1.13 bits per heavy atom. The Morgan fingerprint density at radius 3 is 2.42 bits per heavy atom. The zero-order chi connectivity index (χ0) is 23.2. The number of benzene rings is 1. The predicted octanol–water partition coefficient (Wildman–Crippen LogP) is 3.31. The van der Waals surface area contributed by atoms with Crippen molar-refractivity contribution in [1.29, 1.82) is 0 Å². The van der Waals surface area contributed by atoms with Crippen LogP contribution in [0.25, 0.3) is 10.9 Å². The van der Waals surface area contributed by atoms with Gasteiger partial charge in [0.05, 0.1) is 7.11 Å². The number of para-hydroxylation sites is 1. The normalized spacial score (nSPS) is 14.4. The standard InChI is InChI=1S/C23H33N3O5/c1-7-14(2)19(21(28)30-6)26-20(27)18(25-22(29)31-23(3,4)5)12-15-13-24-17-11-9-8-10-16(15)17/h8-11,13-14,18-19,24H,7,12H2,1-6H3,(H,25,29)(H,26,27)/t14-,18-,19-/m1/s1. The fraction of sp³-hybridized carbons (Fsp3) is 0.522. The van der Waals surface area contributed by atoms with Crippen molar-refractivity contribution >= 4 is 28.9 Å². The summed E-state index contributed by atoms with van der Waals surface area (Å²) in [7, 11) is 1.28. The molecule has 31 heavy (non-hydrogen) atoms. The first-order valence-corrected chi connectivity index (χ1v) is 10.5. The minimum atomic E-state index is -0.940. The number of hydrogen-bond donors (Lipinski definition) is 3. The third-order valence-electron chi connectivity index (χ3n) is 5.07. The zero-order valence-electron chi connectivity index (χ0n) is 19.1. The number of esters is 1. The number of hydrogen-bond acceptors (Lipinski definition) is 5. The number of aromatic nitrogens is 1. The van der Waals surface area contributed by atoms with E-state index in [-0.39, 0.29) is 12.3 Å². The van der Waals surface area contributed by atoms with Crippen LogP contribution >= 0.6 is 0 Å². The summed E-state index contributed by atoms with van der Waals surface area (Å²) in [6.07, 6.45) is 2.01. The Balaban J connectivity index is 2.28. The minimum absolute atomic E-state index is 0.133. The van der Waals surface area contributed by atoms with Gasteiger partial charge in [-0.15, -0.1) is 0 Å². The smallest absolute Gasteiger partial charge is 0.408 e. The summed E-state index contributed by atoms with van der Waals surface area (Å²) in [6.45, 7) is 9.03. The summed E-state index contributed by atoms with van der Waals surface area (Å²) >= 11 is 0. The fourth-order valence-electron chi connectivity index (χ4n) is 3.23. The molecule has 8 heteroatoms. The highest BCUT2D eigenvalue weighted by atomic mass is 16.6. The van der Waals surface area contributed by atoms with E-state index >= 15 is 0 Å². The van der Waals surface area contributed by atoms with Crippen LogP contribution in [0.15, 0.2) is 30.5 Å². The average molecular weight is 432 g/mol. The molecule has 1 aromatic heterocycles. The highest BCUT2D eigenvalue weighted by Gasteiger charge is 2.31. The largest absolute Gasteiger partial charge is 0.467 e. The van der Waals surface area contributed by atoms with Gasteiger partial charge >= 0.3 is 12.1 Å². The van der Waals surface area contributed by atoms with Gasteiger partial charge in [0.1, 0.15) is 17.7 Å². The highest BCUT2D eigenvalue weighted by molar-refractivity contribution is 5.91. The molecule has 0 saturated heterocycles. The van der Waals surface area contributed by atoms with Gasteiger partial charge in [0, 0.05) is 23.5 Å². The van der Waals surface area contributed by atoms with Gasteiger partial charge in [-0.25, -0.2) is 9.59 Å². The van der Waals surface area contributed by atoms with Crippen LogP contribution < -0.4 is 10.6 Å². The molecule has 1 heterocycles. The van der Waals surface area contributed by atoms with E-state index in [1.165, 1.54) is 7.11 Å². The van der Waals surface area contributed by atoms with Crippen molar-refractivity contribution < 1.29 is 23.9 Å². The molecule has 170 valence electrons. The molecule has 2 amide bonds. The van der Waals surface area contributed by atoms with Crippen molar-refractivity contribution in [2.75, 3.05) is 7.11 Å². The molecule has 0 saturated carbocycles. The van der Waals surface area contributed by atoms with Gasteiger partial charge in [-0.1, -0.05) is 38.5 Å². The molecular weight excluding hydrogens is 398 g/mol. The summed E-state index contributed by atoms with van der Waals surface area (Å²) in [6, 6.07) is 5.95. The van der Waals surface area contributed by atoms with Gasteiger partial charge in [-0.2, -0.15) is 0 Å². The van der Waals surface area contributed by atoms with E-state index in [2.05, 4.69) is 15.6 Å². The second-order valence-electron chi connectivity index (χ2n) is 8.66. The molecule has 0 aliphatic carbocycles. The Morgan fingerprint density at radius 2 is 1.81 bits per heavy atom. The molecule has 2 aromatic rings. The highest BCUT2D eigenvalue weighted by Crippen LogP contribution is 2.20. The summed E-state index contributed by atoms with van der Waals surface area (Å²) < 4.78 is 10.2. The van der Waals surface area contributed by atoms with E-state index in [1.54, 1.807) is 20.8 Å². The molecule has 3 N–H and O–H groups in total. The van der Waals surface area contributed by atoms with Crippen LogP contribution in [0.4, 0.5) is 4.79 Å². The first kappa shape index (κ1) is 24.2. The Kier molecular flexibility index (Phi) is 8.08. The maximum absolute atomic E-state index is 13.2. The van der Waals surface area contributed by atoms with Crippen LogP contribution in [-0.2, 0) is 25.5 Å². The quantitative estimate of drug-likeness (QED) is 0.556. The van der Waals surface area contributed by atoms with Gasteiger partial charge in [-0.05, 0) is 38.3 Å². The summed E-state index contributed by atoms with van der Waals surface area (Å²) in [5.74, 6) is -1.13. The number of amides is 2. The van der Waals surface area contributed by atoms with Crippen molar-refractivity contribution in [3.05, 3.63) is 36.0 Å². The molecule has 0 bridgehead atoms. The zero-order valence-corrected chi connectivity index (χ0v) is 19.1.